The normalized spacial score (nSPS) is 11.3. The molecule has 0 aromatic heterocycles. The molecule has 0 heterocycles. The molecular weight excluding hydrogens is 212 g/mol. The SMILES string of the molecule is CNCCCCN(CCCCN)CCCCN. The standard InChI is InChI=1S/C13H32N4/c1-16-10-4-7-13-17(11-5-2-8-14)12-6-3-9-15/h16H,2-15H2,1H3. The van der Waals surface area contributed by atoms with Crippen molar-refractivity contribution in [2.24, 2.45) is 11.5 Å². The van der Waals surface area contributed by atoms with Gasteiger partial charge in [-0.2, -0.15) is 0 Å². The molecular formula is C13H32N4. The van der Waals surface area contributed by atoms with Crippen molar-refractivity contribution in [2.75, 3.05) is 46.3 Å². The molecule has 4 nitrogen and oxygen atoms in total. The molecule has 0 atom stereocenters. The first-order valence-corrected chi connectivity index (χ1v) is 7.12. The summed E-state index contributed by atoms with van der Waals surface area (Å²) in [7, 11) is 2.01. The van der Waals surface area contributed by atoms with Crippen molar-refractivity contribution >= 4 is 0 Å². The molecule has 0 aliphatic carbocycles. The van der Waals surface area contributed by atoms with Crippen molar-refractivity contribution in [1.29, 1.82) is 0 Å². The van der Waals surface area contributed by atoms with Crippen molar-refractivity contribution < 1.29 is 0 Å². The van der Waals surface area contributed by atoms with Crippen molar-refractivity contribution in [3.8, 4) is 0 Å². The molecule has 0 fully saturated rings. The molecule has 0 unspecified atom stereocenters. The van der Waals surface area contributed by atoms with E-state index in [0.717, 1.165) is 32.5 Å². The van der Waals surface area contributed by atoms with Crippen LogP contribution in [0.2, 0.25) is 0 Å². The van der Waals surface area contributed by atoms with Crippen molar-refractivity contribution in [3.63, 3.8) is 0 Å². The predicted octanol–water partition coefficient (Wildman–Crippen LogP) is 0.766. The van der Waals surface area contributed by atoms with Crippen LogP contribution in [-0.2, 0) is 0 Å². The maximum atomic E-state index is 5.53. The van der Waals surface area contributed by atoms with Gasteiger partial charge in [0.15, 0.2) is 0 Å². The first-order valence-electron chi connectivity index (χ1n) is 7.12. The summed E-state index contributed by atoms with van der Waals surface area (Å²) in [6.45, 7) is 6.37. The maximum absolute atomic E-state index is 5.53. The predicted molar refractivity (Wildman–Crippen MR) is 76.2 cm³/mol. The van der Waals surface area contributed by atoms with Gasteiger partial charge in [-0.1, -0.05) is 0 Å². The van der Waals surface area contributed by atoms with E-state index in [1.165, 1.54) is 45.3 Å². The summed E-state index contributed by atoms with van der Waals surface area (Å²) < 4.78 is 0. The van der Waals surface area contributed by atoms with Crippen molar-refractivity contribution in [3.05, 3.63) is 0 Å². The fourth-order valence-corrected chi connectivity index (χ4v) is 1.93. The Balaban J connectivity index is 3.60. The fraction of sp³-hybridized carbons (Fsp3) is 1.00. The highest BCUT2D eigenvalue weighted by molar-refractivity contribution is 4.60. The van der Waals surface area contributed by atoms with E-state index in [1.807, 2.05) is 7.05 Å². The number of nitrogens with one attached hydrogen (secondary N) is 1. The number of nitrogens with two attached hydrogens (primary N) is 2. The number of hydrogen-bond acceptors (Lipinski definition) is 4. The van der Waals surface area contributed by atoms with Crippen LogP contribution >= 0.6 is 0 Å². The third-order valence-electron chi connectivity index (χ3n) is 3.01. The average Bonchev–Trinajstić information content (AvgIpc) is 2.34. The van der Waals surface area contributed by atoms with Gasteiger partial charge in [0, 0.05) is 0 Å². The van der Waals surface area contributed by atoms with E-state index in [1.54, 1.807) is 0 Å². The lowest BCUT2D eigenvalue weighted by molar-refractivity contribution is 0.258. The maximum Gasteiger partial charge on any atom is -0.00183 e. The Hall–Kier alpha value is -0.160. The fourth-order valence-electron chi connectivity index (χ4n) is 1.93. The van der Waals surface area contributed by atoms with Gasteiger partial charge in [-0.3, -0.25) is 0 Å². The second-order valence-corrected chi connectivity index (χ2v) is 4.64. The molecule has 0 saturated heterocycles. The molecule has 0 aromatic rings. The Bertz CT molecular complexity index is 131. The minimum Gasteiger partial charge on any atom is -0.330 e. The molecule has 0 saturated carbocycles. The van der Waals surface area contributed by atoms with Gasteiger partial charge in [0.2, 0.25) is 0 Å². The lowest BCUT2D eigenvalue weighted by atomic mass is 10.2. The van der Waals surface area contributed by atoms with Crippen LogP contribution in [0.1, 0.15) is 38.5 Å². The summed E-state index contributed by atoms with van der Waals surface area (Å²) in [5.41, 5.74) is 11.1. The van der Waals surface area contributed by atoms with Gasteiger partial charge < -0.3 is 21.7 Å². The van der Waals surface area contributed by atoms with Crippen LogP contribution in [0.15, 0.2) is 0 Å². The van der Waals surface area contributed by atoms with Crippen LogP contribution < -0.4 is 16.8 Å². The summed E-state index contributed by atoms with van der Waals surface area (Å²) in [4.78, 5) is 2.57. The number of nitrogens with zero attached hydrogens (tertiary/aromatic N) is 1. The monoisotopic (exact) mass is 244 g/mol. The molecule has 0 amide bonds. The molecule has 0 radical (unpaired) electrons. The second-order valence-electron chi connectivity index (χ2n) is 4.64. The molecule has 0 spiro atoms. The van der Waals surface area contributed by atoms with E-state index in [0.29, 0.717) is 0 Å². The van der Waals surface area contributed by atoms with Crippen LogP contribution in [0.4, 0.5) is 0 Å². The zero-order chi connectivity index (χ0) is 12.8. The van der Waals surface area contributed by atoms with E-state index in [2.05, 4.69) is 10.2 Å². The molecule has 5 N–H and O–H groups in total. The van der Waals surface area contributed by atoms with Gasteiger partial charge in [-0.25, -0.2) is 0 Å². The second kappa shape index (κ2) is 13.9. The highest BCUT2D eigenvalue weighted by Gasteiger charge is 2.03. The number of unbranched alkanes of at least 4 members (excludes halogenated alkanes) is 3. The molecule has 17 heavy (non-hydrogen) atoms. The lowest BCUT2D eigenvalue weighted by Crippen LogP contribution is -2.28. The molecule has 0 rings (SSSR count). The Labute approximate surface area is 107 Å². The molecule has 0 aromatic carbocycles. The van der Waals surface area contributed by atoms with Gasteiger partial charge >= 0.3 is 0 Å². The highest BCUT2D eigenvalue weighted by atomic mass is 15.1. The summed E-state index contributed by atoms with van der Waals surface area (Å²) >= 11 is 0. The average molecular weight is 244 g/mol. The minimum absolute atomic E-state index is 0.816. The summed E-state index contributed by atoms with van der Waals surface area (Å²) in [5.74, 6) is 0. The first-order chi connectivity index (χ1) is 8.35. The Morgan fingerprint density at radius 1 is 0.765 bits per heavy atom. The van der Waals surface area contributed by atoms with Crippen LogP contribution in [-0.4, -0.2) is 51.2 Å². The highest BCUT2D eigenvalue weighted by Crippen LogP contribution is 2.01. The van der Waals surface area contributed by atoms with Gasteiger partial charge in [0.05, 0.1) is 0 Å². The first kappa shape index (κ1) is 16.8. The van der Waals surface area contributed by atoms with Gasteiger partial charge in [0.1, 0.15) is 0 Å². The lowest BCUT2D eigenvalue weighted by Gasteiger charge is -2.22. The molecule has 0 aliphatic heterocycles. The quantitative estimate of drug-likeness (QED) is 0.419. The summed E-state index contributed by atoms with van der Waals surface area (Å²) in [6, 6.07) is 0. The zero-order valence-corrected chi connectivity index (χ0v) is 11.6. The Morgan fingerprint density at radius 3 is 1.65 bits per heavy atom. The zero-order valence-electron chi connectivity index (χ0n) is 11.6. The third-order valence-corrected chi connectivity index (χ3v) is 3.01. The van der Waals surface area contributed by atoms with E-state index in [9.17, 15) is 0 Å². The van der Waals surface area contributed by atoms with Crippen LogP contribution in [0, 0.1) is 0 Å². The van der Waals surface area contributed by atoms with Gasteiger partial charge in [0.25, 0.3) is 0 Å². The summed E-state index contributed by atoms with van der Waals surface area (Å²) in [5, 5.41) is 3.19. The Morgan fingerprint density at radius 2 is 1.24 bits per heavy atom. The van der Waals surface area contributed by atoms with Crippen LogP contribution in [0.3, 0.4) is 0 Å². The van der Waals surface area contributed by atoms with Crippen molar-refractivity contribution in [2.45, 2.75) is 38.5 Å². The number of rotatable bonds is 13. The van der Waals surface area contributed by atoms with Crippen LogP contribution in [0.25, 0.3) is 0 Å². The van der Waals surface area contributed by atoms with E-state index in [-0.39, 0.29) is 0 Å². The minimum atomic E-state index is 0.816. The summed E-state index contributed by atoms with van der Waals surface area (Å²) in [6.07, 6.45) is 7.29. The van der Waals surface area contributed by atoms with E-state index in [4.69, 9.17) is 11.5 Å². The smallest absolute Gasteiger partial charge is 0.00183 e. The van der Waals surface area contributed by atoms with Gasteiger partial charge in [-0.05, 0) is 84.8 Å². The number of hydrogen-bond donors (Lipinski definition) is 3. The van der Waals surface area contributed by atoms with E-state index >= 15 is 0 Å². The topological polar surface area (TPSA) is 67.3 Å². The molecule has 0 bridgehead atoms. The molecule has 0 aliphatic rings. The Kier molecular flexibility index (Phi) is 13.8. The molecule has 4 heteroatoms. The van der Waals surface area contributed by atoms with E-state index < -0.39 is 0 Å². The molecule has 104 valence electrons. The van der Waals surface area contributed by atoms with Crippen LogP contribution in [0.5, 0.6) is 0 Å². The van der Waals surface area contributed by atoms with Gasteiger partial charge in [-0.15, -0.1) is 0 Å². The largest absolute Gasteiger partial charge is 0.330 e. The third kappa shape index (κ3) is 12.1. The van der Waals surface area contributed by atoms with Crippen molar-refractivity contribution in [1.82, 2.24) is 10.2 Å².